The number of hydrogen-bond donors (Lipinski definition) is 2. The van der Waals surface area contributed by atoms with Crippen LogP contribution in [0, 0.1) is 11.3 Å². The molecule has 2 atom stereocenters. The van der Waals surface area contributed by atoms with Gasteiger partial charge in [-0.25, -0.2) is 0 Å². The number of hydrogen-bond acceptors (Lipinski definition) is 2. The molecule has 1 aliphatic rings. The molecule has 3 nitrogen and oxygen atoms in total. The number of carbonyl (C=O) groups is 1. The van der Waals surface area contributed by atoms with Crippen molar-refractivity contribution in [3.8, 4) is 0 Å². The lowest BCUT2D eigenvalue weighted by atomic mass is 9.83. The quantitative estimate of drug-likeness (QED) is 0.754. The van der Waals surface area contributed by atoms with Crippen LogP contribution in [0.15, 0.2) is 0 Å². The van der Waals surface area contributed by atoms with E-state index in [-0.39, 0.29) is 17.9 Å². The molecule has 16 heavy (non-hydrogen) atoms. The summed E-state index contributed by atoms with van der Waals surface area (Å²) >= 11 is 0. The Labute approximate surface area is 99.2 Å². The van der Waals surface area contributed by atoms with Crippen molar-refractivity contribution in [2.75, 3.05) is 6.54 Å². The van der Waals surface area contributed by atoms with E-state index in [2.05, 4.69) is 12.2 Å². The highest BCUT2D eigenvalue weighted by Crippen LogP contribution is 2.40. The number of nitrogens with one attached hydrogen (secondary N) is 1. The highest BCUT2D eigenvalue weighted by Gasteiger charge is 2.32. The zero-order chi connectivity index (χ0) is 12.2. The van der Waals surface area contributed by atoms with Crippen molar-refractivity contribution in [3.63, 3.8) is 0 Å². The minimum Gasteiger partial charge on any atom is -0.355 e. The Morgan fingerprint density at radius 3 is 2.38 bits per heavy atom. The SMILES string of the molecule is CCC1(CNC(=O)C(C)C(C)N)CCCC1. The van der Waals surface area contributed by atoms with Crippen LogP contribution in [0.5, 0.6) is 0 Å². The average molecular weight is 226 g/mol. The van der Waals surface area contributed by atoms with Gasteiger partial charge in [-0.1, -0.05) is 26.7 Å². The lowest BCUT2D eigenvalue weighted by Crippen LogP contribution is -2.42. The fourth-order valence-corrected chi connectivity index (χ4v) is 2.45. The first-order valence-electron chi connectivity index (χ1n) is 6.54. The van der Waals surface area contributed by atoms with E-state index in [4.69, 9.17) is 5.73 Å². The minimum absolute atomic E-state index is 0.0684. The van der Waals surface area contributed by atoms with Crippen LogP contribution in [-0.2, 0) is 4.79 Å². The van der Waals surface area contributed by atoms with Crippen LogP contribution < -0.4 is 11.1 Å². The molecular weight excluding hydrogens is 200 g/mol. The van der Waals surface area contributed by atoms with E-state index in [0.29, 0.717) is 5.41 Å². The Morgan fingerprint density at radius 1 is 1.38 bits per heavy atom. The molecule has 1 amide bonds. The van der Waals surface area contributed by atoms with Gasteiger partial charge in [0.1, 0.15) is 0 Å². The molecule has 1 saturated carbocycles. The summed E-state index contributed by atoms with van der Waals surface area (Å²) in [4.78, 5) is 11.8. The average Bonchev–Trinajstić information content (AvgIpc) is 2.74. The predicted octanol–water partition coefficient (Wildman–Crippen LogP) is 2.06. The molecule has 0 aromatic heterocycles. The first-order valence-corrected chi connectivity index (χ1v) is 6.54. The lowest BCUT2D eigenvalue weighted by Gasteiger charge is -2.28. The predicted molar refractivity (Wildman–Crippen MR) is 67.0 cm³/mol. The highest BCUT2D eigenvalue weighted by atomic mass is 16.1. The standard InChI is InChI=1S/C13H26N2O/c1-4-13(7-5-6-8-13)9-15-12(16)10(2)11(3)14/h10-11H,4-9,14H2,1-3H3,(H,15,16). The van der Waals surface area contributed by atoms with E-state index in [9.17, 15) is 4.79 Å². The van der Waals surface area contributed by atoms with Gasteiger partial charge in [-0.05, 0) is 31.6 Å². The first-order chi connectivity index (χ1) is 7.51. The van der Waals surface area contributed by atoms with Crippen molar-refractivity contribution in [1.29, 1.82) is 0 Å². The molecule has 0 bridgehead atoms. The second-order valence-corrected chi connectivity index (χ2v) is 5.43. The second-order valence-electron chi connectivity index (χ2n) is 5.43. The van der Waals surface area contributed by atoms with Gasteiger partial charge in [0.05, 0.1) is 0 Å². The van der Waals surface area contributed by atoms with E-state index in [1.165, 1.54) is 32.1 Å². The van der Waals surface area contributed by atoms with Crippen molar-refractivity contribution >= 4 is 5.91 Å². The van der Waals surface area contributed by atoms with Crippen LogP contribution in [0.2, 0.25) is 0 Å². The minimum atomic E-state index is -0.0877. The maximum absolute atomic E-state index is 11.8. The molecule has 0 aromatic carbocycles. The summed E-state index contributed by atoms with van der Waals surface area (Å²) in [6, 6.07) is -0.0684. The Hall–Kier alpha value is -0.570. The maximum atomic E-state index is 11.8. The molecule has 3 heteroatoms. The molecule has 1 rings (SSSR count). The summed E-state index contributed by atoms with van der Waals surface area (Å²) < 4.78 is 0. The Balaban J connectivity index is 2.41. The number of carbonyl (C=O) groups excluding carboxylic acids is 1. The highest BCUT2D eigenvalue weighted by molar-refractivity contribution is 5.78. The number of amides is 1. The zero-order valence-corrected chi connectivity index (χ0v) is 10.9. The summed E-state index contributed by atoms with van der Waals surface area (Å²) in [6.45, 7) is 6.84. The van der Waals surface area contributed by atoms with Crippen molar-refractivity contribution in [1.82, 2.24) is 5.32 Å². The monoisotopic (exact) mass is 226 g/mol. The molecule has 0 spiro atoms. The third kappa shape index (κ3) is 3.21. The van der Waals surface area contributed by atoms with Gasteiger partial charge in [0.25, 0.3) is 0 Å². The van der Waals surface area contributed by atoms with Crippen molar-refractivity contribution in [2.45, 2.75) is 58.9 Å². The summed E-state index contributed by atoms with van der Waals surface area (Å²) in [5.74, 6) is 0.0186. The molecule has 1 fully saturated rings. The van der Waals surface area contributed by atoms with Crippen LogP contribution in [0.1, 0.15) is 52.9 Å². The second kappa shape index (κ2) is 5.67. The molecular formula is C13H26N2O. The van der Waals surface area contributed by atoms with E-state index < -0.39 is 0 Å². The van der Waals surface area contributed by atoms with Crippen molar-refractivity contribution in [3.05, 3.63) is 0 Å². The maximum Gasteiger partial charge on any atom is 0.224 e. The fraction of sp³-hybridized carbons (Fsp3) is 0.923. The molecule has 94 valence electrons. The number of nitrogens with two attached hydrogens (primary N) is 1. The molecule has 0 radical (unpaired) electrons. The Morgan fingerprint density at radius 2 is 1.94 bits per heavy atom. The summed E-state index contributed by atoms with van der Waals surface area (Å²) in [6.07, 6.45) is 6.31. The topological polar surface area (TPSA) is 55.1 Å². The van der Waals surface area contributed by atoms with E-state index in [0.717, 1.165) is 6.54 Å². The van der Waals surface area contributed by atoms with Crippen LogP contribution in [0.4, 0.5) is 0 Å². The van der Waals surface area contributed by atoms with E-state index in [1.807, 2.05) is 13.8 Å². The normalized spacial score (nSPS) is 22.8. The van der Waals surface area contributed by atoms with Crippen LogP contribution >= 0.6 is 0 Å². The zero-order valence-electron chi connectivity index (χ0n) is 10.9. The van der Waals surface area contributed by atoms with Crippen molar-refractivity contribution in [2.24, 2.45) is 17.1 Å². The molecule has 3 N–H and O–H groups in total. The largest absolute Gasteiger partial charge is 0.355 e. The van der Waals surface area contributed by atoms with Gasteiger partial charge in [0.2, 0.25) is 5.91 Å². The molecule has 1 aliphatic carbocycles. The first kappa shape index (κ1) is 13.5. The van der Waals surface area contributed by atoms with Crippen LogP contribution in [-0.4, -0.2) is 18.5 Å². The summed E-state index contributed by atoms with van der Waals surface area (Å²) in [7, 11) is 0. The summed E-state index contributed by atoms with van der Waals surface area (Å²) in [5, 5.41) is 3.08. The Kier molecular flexibility index (Phi) is 4.78. The van der Waals surface area contributed by atoms with Gasteiger partial charge in [-0.3, -0.25) is 4.79 Å². The molecule has 0 aromatic rings. The molecule has 0 saturated heterocycles. The van der Waals surface area contributed by atoms with Gasteiger partial charge in [-0.2, -0.15) is 0 Å². The van der Waals surface area contributed by atoms with Gasteiger partial charge in [0, 0.05) is 18.5 Å². The Bertz CT molecular complexity index is 232. The fourth-order valence-electron chi connectivity index (χ4n) is 2.45. The van der Waals surface area contributed by atoms with Gasteiger partial charge in [-0.15, -0.1) is 0 Å². The third-order valence-corrected chi connectivity index (χ3v) is 4.25. The van der Waals surface area contributed by atoms with E-state index in [1.54, 1.807) is 0 Å². The van der Waals surface area contributed by atoms with E-state index >= 15 is 0 Å². The summed E-state index contributed by atoms with van der Waals surface area (Å²) in [5.41, 5.74) is 6.09. The van der Waals surface area contributed by atoms with Crippen molar-refractivity contribution < 1.29 is 4.79 Å². The number of rotatable bonds is 5. The van der Waals surface area contributed by atoms with Crippen LogP contribution in [0.25, 0.3) is 0 Å². The van der Waals surface area contributed by atoms with Gasteiger partial charge >= 0.3 is 0 Å². The lowest BCUT2D eigenvalue weighted by molar-refractivity contribution is -0.125. The molecule has 0 aliphatic heterocycles. The van der Waals surface area contributed by atoms with Crippen LogP contribution in [0.3, 0.4) is 0 Å². The van der Waals surface area contributed by atoms with Gasteiger partial charge < -0.3 is 11.1 Å². The molecule has 2 unspecified atom stereocenters. The molecule has 0 heterocycles. The third-order valence-electron chi connectivity index (χ3n) is 4.25. The smallest absolute Gasteiger partial charge is 0.224 e. The van der Waals surface area contributed by atoms with Gasteiger partial charge in [0.15, 0.2) is 0 Å².